The summed E-state index contributed by atoms with van der Waals surface area (Å²) in [5.41, 5.74) is 2.85. The number of aromatic amines is 1. The van der Waals surface area contributed by atoms with Gasteiger partial charge >= 0.3 is 0 Å². The van der Waals surface area contributed by atoms with Gasteiger partial charge in [0.2, 0.25) is 0 Å². The highest BCUT2D eigenvalue weighted by Gasteiger charge is 2.12. The smallest absolute Gasteiger partial charge is 0.125 e. The van der Waals surface area contributed by atoms with E-state index in [4.69, 9.17) is 0 Å². The van der Waals surface area contributed by atoms with Crippen LogP contribution < -0.4 is 0 Å². The van der Waals surface area contributed by atoms with Gasteiger partial charge in [0.15, 0.2) is 0 Å². The third kappa shape index (κ3) is 1.56. The van der Waals surface area contributed by atoms with E-state index in [0.29, 0.717) is 11.1 Å². The van der Waals surface area contributed by atoms with Crippen molar-refractivity contribution in [2.45, 2.75) is 0 Å². The van der Waals surface area contributed by atoms with Crippen molar-refractivity contribution in [2.24, 2.45) is 0 Å². The molecule has 2 nitrogen and oxygen atoms in total. The highest BCUT2D eigenvalue weighted by atomic mass is 19.1. The van der Waals surface area contributed by atoms with Crippen molar-refractivity contribution < 1.29 is 4.39 Å². The molecular weight excluding hydrogens is 227 g/mol. The summed E-state index contributed by atoms with van der Waals surface area (Å²) >= 11 is 0. The van der Waals surface area contributed by atoms with Gasteiger partial charge in [-0.25, -0.2) is 4.39 Å². The topological polar surface area (TPSA) is 39.6 Å². The number of halogens is 1. The molecule has 0 aliphatic rings. The lowest BCUT2D eigenvalue weighted by Crippen LogP contribution is -1.80. The van der Waals surface area contributed by atoms with Crippen molar-refractivity contribution in [1.82, 2.24) is 4.98 Å². The summed E-state index contributed by atoms with van der Waals surface area (Å²) in [4.78, 5) is 3.11. The first-order valence-corrected chi connectivity index (χ1v) is 5.56. The Labute approximate surface area is 103 Å². The number of fused-ring (bicyclic) bond motifs is 1. The molecule has 0 unspecified atom stereocenters. The molecule has 3 heteroatoms. The Morgan fingerprint density at radius 3 is 2.56 bits per heavy atom. The third-order valence-corrected chi connectivity index (χ3v) is 2.93. The first-order chi connectivity index (χ1) is 8.79. The molecule has 1 heterocycles. The van der Waals surface area contributed by atoms with Gasteiger partial charge in [-0.05, 0) is 23.8 Å². The number of hydrogen-bond donors (Lipinski definition) is 1. The number of rotatable bonds is 1. The maximum atomic E-state index is 13.2. The maximum Gasteiger partial charge on any atom is 0.125 e. The quantitative estimate of drug-likeness (QED) is 0.685. The first-order valence-electron chi connectivity index (χ1n) is 5.56. The van der Waals surface area contributed by atoms with Gasteiger partial charge in [0.25, 0.3) is 0 Å². The number of H-pyrrole nitrogens is 1. The molecule has 3 rings (SSSR count). The molecule has 86 valence electrons. The Hall–Kier alpha value is -2.60. The number of aromatic nitrogens is 1. The molecule has 0 bridgehead atoms. The number of nitrogens with zero attached hydrogens (tertiary/aromatic N) is 1. The number of nitriles is 1. The zero-order chi connectivity index (χ0) is 12.5. The molecule has 0 saturated carbocycles. The van der Waals surface area contributed by atoms with Crippen LogP contribution in [0.2, 0.25) is 0 Å². The Kier molecular flexibility index (Phi) is 2.35. The summed E-state index contributed by atoms with van der Waals surface area (Å²) in [6, 6.07) is 16.1. The van der Waals surface area contributed by atoms with Crippen molar-refractivity contribution in [3.05, 3.63) is 59.9 Å². The standard InChI is InChI=1S/C15H9FN2/c16-11-6-7-12-13(9-17)15(18-14(12)8-11)10-4-2-1-3-5-10/h1-8,18H. The van der Waals surface area contributed by atoms with Gasteiger partial charge in [0, 0.05) is 5.39 Å². The predicted octanol–water partition coefficient (Wildman–Crippen LogP) is 3.85. The van der Waals surface area contributed by atoms with Gasteiger partial charge in [0.1, 0.15) is 11.9 Å². The highest BCUT2D eigenvalue weighted by molar-refractivity contribution is 5.93. The van der Waals surface area contributed by atoms with Crippen LogP contribution in [0.5, 0.6) is 0 Å². The first kappa shape index (κ1) is 10.5. The molecule has 0 saturated heterocycles. The van der Waals surface area contributed by atoms with Gasteiger partial charge in [-0.15, -0.1) is 0 Å². The minimum Gasteiger partial charge on any atom is -0.353 e. The van der Waals surface area contributed by atoms with E-state index in [9.17, 15) is 9.65 Å². The largest absolute Gasteiger partial charge is 0.353 e. The fourth-order valence-electron chi connectivity index (χ4n) is 2.11. The van der Waals surface area contributed by atoms with Crippen LogP contribution in [0.3, 0.4) is 0 Å². The molecule has 3 aromatic rings. The second-order valence-electron chi connectivity index (χ2n) is 4.04. The van der Waals surface area contributed by atoms with Crippen molar-refractivity contribution in [1.29, 1.82) is 5.26 Å². The van der Waals surface area contributed by atoms with E-state index in [0.717, 1.165) is 16.6 Å². The number of hydrogen-bond acceptors (Lipinski definition) is 1. The van der Waals surface area contributed by atoms with Gasteiger partial charge in [-0.3, -0.25) is 0 Å². The van der Waals surface area contributed by atoms with Crippen molar-refractivity contribution in [2.75, 3.05) is 0 Å². The highest BCUT2D eigenvalue weighted by Crippen LogP contribution is 2.29. The second kappa shape index (κ2) is 4.01. The Morgan fingerprint density at radius 2 is 1.83 bits per heavy atom. The van der Waals surface area contributed by atoms with Crippen LogP contribution >= 0.6 is 0 Å². The van der Waals surface area contributed by atoms with Crippen molar-refractivity contribution in [3.8, 4) is 17.3 Å². The molecule has 18 heavy (non-hydrogen) atoms. The monoisotopic (exact) mass is 236 g/mol. The molecule has 0 atom stereocenters. The molecule has 0 spiro atoms. The summed E-state index contributed by atoms with van der Waals surface area (Å²) in [5.74, 6) is -0.312. The Morgan fingerprint density at radius 1 is 1.06 bits per heavy atom. The van der Waals surface area contributed by atoms with Crippen LogP contribution in [-0.2, 0) is 0 Å². The SMILES string of the molecule is N#Cc1c(-c2ccccc2)[nH]c2cc(F)ccc12. The zero-order valence-corrected chi connectivity index (χ0v) is 9.44. The van der Waals surface area contributed by atoms with Crippen molar-refractivity contribution >= 4 is 10.9 Å². The van der Waals surface area contributed by atoms with E-state index >= 15 is 0 Å². The lowest BCUT2D eigenvalue weighted by Gasteiger charge is -1.97. The fraction of sp³-hybridized carbons (Fsp3) is 0. The molecule has 0 aliphatic carbocycles. The van der Waals surface area contributed by atoms with E-state index in [2.05, 4.69) is 11.1 Å². The molecule has 0 amide bonds. The van der Waals surface area contributed by atoms with E-state index in [1.165, 1.54) is 12.1 Å². The minimum absolute atomic E-state index is 0.312. The second-order valence-corrected chi connectivity index (χ2v) is 4.04. The van der Waals surface area contributed by atoms with Crippen LogP contribution in [0.1, 0.15) is 5.56 Å². The fourth-order valence-corrected chi connectivity index (χ4v) is 2.11. The molecule has 0 aliphatic heterocycles. The van der Waals surface area contributed by atoms with Gasteiger partial charge in [-0.2, -0.15) is 5.26 Å². The average Bonchev–Trinajstić information content (AvgIpc) is 2.77. The molecule has 0 fully saturated rings. The van der Waals surface area contributed by atoms with E-state index in [1.807, 2.05) is 30.3 Å². The van der Waals surface area contributed by atoms with Crippen LogP contribution in [0, 0.1) is 17.1 Å². The summed E-state index contributed by atoms with van der Waals surface area (Å²) in [5, 5.41) is 10.0. The average molecular weight is 236 g/mol. The molecule has 0 radical (unpaired) electrons. The van der Waals surface area contributed by atoms with E-state index < -0.39 is 0 Å². The van der Waals surface area contributed by atoms with E-state index in [1.54, 1.807) is 6.07 Å². The Balaban J connectivity index is 2.34. The lowest BCUT2D eigenvalue weighted by molar-refractivity contribution is 0.629. The maximum absolute atomic E-state index is 13.2. The third-order valence-electron chi connectivity index (χ3n) is 2.93. The Bertz CT molecular complexity index is 751. The number of benzene rings is 2. The molecule has 2 aromatic carbocycles. The van der Waals surface area contributed by atoms with Crippen molar-refractivity contribution in [3.63, 3.8) is 0 Å². The van der Waals surface area contributed by atoms with Crippen LogP contribution in [0.4, 0.5) is 4.39 Å². The molecular formula is C15H9FN2. The summed E-state index contributed by atoms with van der Waals surface area (Å²) in [6.45, 7) is 0. The van der Waals surface area contributed by atoms with Gasteiger partial charge < -0.3 is 4.98 Å². The summed E-state index contributed by atoms with van der Waals surface area (Å²) in [7, 11) is 0. The summed E-state index contributed by atoms with van der Waals surface area (Å²) < 4.78 is 13.2. The zero-order valence-electron chi connectivity index (χ0n) is 9.44. The van der Waals surface area contributed by atoms with E-state index in [-0.39, 0.29) is 5.82 Å². The van der Waals surface area contributed by atoms with Crippen LogP contribution in [0.15, 0.2) is 48.5 Å². The predicted molar refractivity (Wildman–Crippen MR) is 68.4 cm³/mol. The lowest BCUT2D eigenvalue weighted by atomic mass is 10.1. The van der Waals surface area contributed by atoms with Gasteiger partial charge in [-0.1, -0.05) is 30.3 Å². The van der Waals surface area contributed by atoms with Crippen LogP contribution in [-0.4, -0.2) is 4.98 Å². The normalized spacial score (nSPS) is 10.4. The molecule has 1 N–H and O–H groups in total. The van der Waals surface area contributed by atoms with Gasteiger partial charge in [0.05, 0.1) is 16.8 Å². The molecule has 1 aromatic heterocycles. The number of nitrogens with one attached hydrogen (secondary N) is 1. The minimum atomic E-state index is -0.312. The van der Waals surface area contributed by atoms with Crippen LogP contribution in [0.25, 0.3) is 22.2 Å². The summed E-state index contributed by atoms with van der Waals surface area (Å²) in [6.07, 6.45) is 0.